The molecule has 9 nitrogen and oxygen atoms in total. The summed E-state index contributed by atoms with van der Waals surface area (Å²) in [5.41, 5.74) is 4.00. The summed E-state index contributed by atoms with van der Waals surface area (Å²) in [4.78, 5) is 11.8. The summed E-state index contributed by atoms with van der Waals surface area (Å²) in [5.74, 6) is 1.72. The van der Waals surface area contributed by atoms with Gasteiger partial charge in [-0.2, -0.15) is 14.7 Å². The Balaban J connectivity index is 1.64. The van der Waals surface area contributed by atoms with E-state index >= 15 is 0 Å². The Morgan fingerprint density at radius 2 is 2.03 bits per heavy atom. The number of nitrogens with zero attached hydrogens (tertiary/aromatic N) is 7. The molecule has 0 saturated carbocycles. The fourth-order valence-electron chi connectivity index (χ4n) is 3.71. The molecule has 0 aromatic carbocycles. The molecule has 4 aromatic heterocycles. The van der Waals surface area contributed by atoms with E-state index in [1.54, 1.807) is 15.2 Å². The minimum Gasteiger partial charge on any atom is -0.511 e. The number of aromatic nitrogens is 6. The lowest BCUT2D eigenvalue weighted by atomic mass is 10.2. The number of nitrogens with one attached hydrogen (secondary N) is 1. The van der Waals surface area contributed by atoms with Gasteiger partial charge in [-0.1, -0.05) is 6.58 Å². The highest BCUT2D eigenvalue weighted by Gasteiger charge is 2.19. The van der Waals surface area contributed by atoms with Crippen molar-refractivity contribution in [3.8, 4) is 11.4 Å². The number of anilines is 2. The number of rotatable bonds is 5. The van der Waals surface area contributed by atoms with Crippen molar-refractivity contribution in [2.75, 3.05) is 29.9 Å². The van der Waals surface area contributed by atoms with Gasteiger partial charge in [0.2, 0.25) is 0 Å². The molecule has 2 N–H and O–H groups in total. The highest BCUT2D eigenvalue weighted by atomic mass is 16.3. The standard InChI is InChI=1S/C20H22N8O/c1-13-12-27-16(5-6-22-27)24-20(13)15-9-19-23-18(26-7-3-4-8-26)10-17(28(19)25-15)21-11-14(2)29/h5-6,9-10,12,21,29H,2-4,7-8,11H2,1H3. The van der Waals surface area contributed by atoms with Gasteiger partial charge in [0, 0.05) is 37.5 Å². The predicted octanol–water partition coefficient (Wildman–Crippen LogP) is 2.83. The maximum atomic E-state index is 9.54. The van der Waals surface area contributed by atoms with Crippen LogP contribution >= 0.6 is 0 Å². The van der Waals surface area contributed by atoms with E-state index in [0.717, 1.165) is 53.0 Å². The molecule has 9 heteroatoms. The van der Waals surface area contributed by atoms with Crippen molar-refractivity contribution in [2.24, 2.45) is 0 Å². The third-order valence-corrected chi connectivity index (χ3v) is 5.13. The van der Waals surface area contributed by atoms with Crippen molar-refractivity contribution in [1.82, 2.24) is 29.2 Å². The summed E-state index contributed by atoms with van der Waals surface area (Å²) in [6, 6.07) is 5.78. The first-order valence-corrected chi connectivity index (χ1v) is 9.66. The summed E-state index contributed by atoms with van der Waals surface area (Å²) in [5, 5.41) is 21.7. The van der Waals surface area contributed by atoms with Gasteiger partial charge in [0.15, 0.2) is 11.3 Å². The third-order valence-electron chi connectivity index (χ3n) is 5.13. The first kappa shape index (κ1) is 17.5. The maximum Gasteiger partial charge on any atom is 0.160 e. The number of fused-ring (bicyclic) bond motifs is 2. The Morgan fingerprint density at radius 3 is 2.83 bits per heavy atom. The van der Waals surface area contributed by atoms with E-state index in [2.05, 4.69) is 21.9 Å². The van der Waals surface area contributed by atoms with Gasteiger partial charge in [0.1, 0.15) is 23.1 Å². The SMILES string of the molecule is C=C(O)CNc1cc(N2CCCC2)nc2cc(-c3nc4ccnn4cc3C)nn12. The van der Waals surface area contributed by atoms with Crippen LogP contribution in [0.15, 0.2) is 42.9 Å². The molecule has 5 rings (SSSR count). The largest absolute Gasteiger partial charge is 0.511 e. The van der Waals surface area contributed by atoms with E-state index in [0.29, 0.717) is 0 Å². The molecule has 1 aliphatic heterocycles. The summed E-state index contributed by atoms with van der Waals surface area (Å²) < 4.78 is 3.50. The monoisotopic (exact) mass is 390 g/mol. The van der Waals surface area contributed by atoms with Crippen LogP contribution in [0.25, 0.3) is 22.7 Å². The molecule has 0 bridgehead atoms. The number of hydrogen-bond acceptors (Lipinski definition) is 7. The maximum absolute atomic E-state index is 9.54. The Morgan fingerprint density at radius 1 is 1.21 bits per heavy atom. The van der Waals surface area contributed by atoms with Crippen molar-refractivity contribution in [3.63, 3.8) is 0 Å². The lowest BCUT2D eigenvalue weighted by Crippen LogP contribution is -2.20. The molecule has 148 valence electrons. The Kier molecular flexibility index (Phi) is 4.08. The van der Waals surface area contributed by atoms with Crippen molar-refractivity contribution in [3.05, 3.63) is 48.5 Å². The Labute approximate surface area is 167 Å². The van der Waals surface area contributed by atoms with E-state index in [-0.39, 0.29) is 12.3 Å². The summed E-state index contributed by atoms with van der Waals surface area (Å²) in [6.45, 7) is 7.78. The van der Waals surface area contributed by atoms with Gasteiger partial charge in [-0.3, -0.25) is 0 Å². The number of aliphatic hydroxyl groups is 1. The van der Waals surface area contributed by atoms with E-state index in [1.165, 1.54) is 12.8 Å². The van der Waals surface area contributed by atoms with Gasteiger partial charge in [-0.25, -0.2) is 14.5 Å². The van der Waals surface area contributed by atoms with Crippen LogP contribution in [0.1, 0.15) is 18.4 Å². The van der Waals surface area contributed by atoms with Crippen LogP contribution in [-0.4, -0.2) is 53.9 Å². The van der Waals surface area contributed by atoms with Crippen LogP contribution in [0.5, 0.6) is 0 Å². The average molecular weight is 390 g/mol. The van der Waals surface area contributed by atoms with Crippen molar-refractivity contribution in [2.45, 2.75) is 19.8 Å². The molecule has 1 aliphatic rings. The number of hydrogen-bond donors (Lipinski definition) is 2. The van der Waals surface area contributed by atoms with Gasteiger partial charge in [0.05, 0.1) is 18.4 Å². The van der Waals surface area contributed by atoms with Crippen LogP contribution < -0.4 is 10.2 Å². The molecule has 4 aromatic rings. The van der Waals surface area contributed by atoms with Crippen molar-refractivity contribution in [1.29, 1.82) is 0 Å². The fraction of sp³-hybridized carbons (Fsp3) is 0.300. The Hall–Kier alpha value is -3.62. The molecule has 0 radical (unpaired) electrons. The first-order chi connectivity index (χ1) is 14.1. The lowest BCUT2D eigenvalue weighted by Gasteiger charge is -2.18. The summed E-state index contributed by atoms with van der Waals surface area (Å²) in [6.07, 6.45) is 6.01. The second-order valence-corrected chi connectivity index (χ2v) is 7.32. The van der Waals surface area contributed by atoms with Gasteiger partial charge < -0.3 is 15.3 Å². The third kappa shape index (κ3) is 3.14. The minimum atomic E-state index is 0.0637. The van der Waals surface area contributed by atoms with Gasteiger partial charge in [-0.05, 0) is 25.3 Å². The molecular formula is C20H22N8O. The second-order valence-electron chi connectivity index (χ2n) is 7.32. The molecule has 0 atom stereocenters. The number of aliphatic hydroxyl groups excluding tert-OH is 1. The van der Waals surface area contributed by atoms with Gasteiger partial charge in [0.25, 0.3) is 0 Å². The normalized spacial score (nSPS) is 14.2. The quantitative estimate of drug-likeness (QED) is 0.506. The molecule has 0 amide bonds. The molecule has 5 heterocycles. The zero-order valence-corrected chi connectivity index (χ0v) is 16.2. The molecule has 29 heavy (non-hydrogen) atoms. The van der Waals surface area contributed by atoms with E-state index in [1.807, 2.05) is 31.3 Å². The van der Waals surface area contributed by atoms with E-state index < -0.39 is 0 Å². The highest BCUT2D eigenvalue weighted by molar-refractivity contribution is 5.68. The van der Waals surface area contributed by atoms with Crippen LogP contribution in [0.4, 0.5) is 11.6 Å². The zero-order chi connectivity index (χ0) is 20.0. The van der Waals surface area contributed by atoms with E-state index in [9.17, 15) is 5.11 Å². The minimum absolute atomic E-state index is 0.0637. The van der Waals surface area contributed by atoms with Crippen LogP contribution in [0.3, 0.4) is 0 Å². The number of aryl methyl sites for hydroxylation is 1. The van der Waals surface area contributed by atoms with Crippen molar-refractivity contribution < 1.29 is 5.11 Å². The van der Waals surface area contributed by atoms with Gasteiger partial charge >= 0.3 is 0 Å². The molecule has 1 saturated heterocycles. The second kappa shape index (κ2) is 6.77. The predicted molar refractivity (Wildman–Crippen MR) is 111 cm³/mol. The van der Waals surface area contributed by atoms with Crippen molar-refractivity contribution >= 4 is 22.9 Å². The smallest absolute Gasteiger partial charge is 0.160 e. The van der Waals surface area contributed by atoms with Gasteiger partial charge in [-0.15, -0.1) is 0 Å². The molecule has 0 spiro atoms. The highest BCUT2D eigenvalue weighted by Crippen LogP contribution is 2.27. The summed E-state index contributed by atoms with van der Waals surface area (Å²) in [7, 11) is 0. The molecular weight excluding hydrogens is 368 g/mol. The van der Waals surface area contributed by atoms with Crippen LogP contribution in [-0.2, 0) is 0 Å². The topological polar surface area (TPSA) is 95.9 Å². The fourth-order valence-corrected chi connectivity index (χ4v) is 3.71. The zero-order valence-electron chi connectivity index (χ0n) is 16.2. The van der Waals surface area contributed by atoms with Crippen LogP contribution in [0, 0.1) is 6.92 Å². The molecule has 0 aliphatic carbocycles. The summed E-state index contributed by atoms with van der Waals surface area (Å²) >= 11 is 0. The molecule has 0 unspecified atom stereocenters. The Bertz CT molecular complexity index is 1220. The van der Waals surface area contributed by atoms with E-state index in [4.69, 9.17) is 15.1 Å². The van der Waals surface area contributed by atoms with Crippen LogP contribution in [0.2, 0.25) is 0 Å². The first-order valence-electron chi connectivity index (χ1n) is 9.66. The molecule has 1 fully saturated rings. The lowest BCUT2D eigenvalue weighted by molar-refractivity contribution is 0.410. The average Bonchev–Trinajstić information content (AvgIpc) is 3.44.